The Hall–Kier alpha value is -3.29. The fraction of sp³-hybridized carbons (Fsp3) is 0.417. The van der Waals surface area contributed by atoms with Crippen molar-refractivity contribution < 1.29 is 9.18 Å². The van der Waals surface area contributed by atoms with Gasteiger partial charge in [-0.25, -0.2) is 14.4 Å². The average Bonchev–Trinajstić information content (AvgIpc) is 3.49. The monoisotopic (exact) mass is 434 g/mol. The average molecular weight is 435 g/mol. The van der Waals surface area contributed by atoms with E-state index in [4.69, 9.17) is 10.1 Å². The van der Waals surface area contributed by atoms with E-state index in [9.17, 15) is 9.18 Å². The molecule has 7 nitrogen and oxygen atoms in total. The van der Waals surface area contributed by atoms with Crippen molar-refractivity contribution >= 4 is 11.9 Å². The van der Waals surface area contributed by atoms with Crippen molar-refractivity contribution in [2.75, 3.05) is 31.1 Å². The summed E-state index contributed by atoms with van der Waals surface area (Å²) >= 11 is 0. The van der Waals surface area contributed by atoms with Crippen LogP contribution in [0, 0.1) is 5.82 Å². The molecule has 0 bridgehead atoms. The number of halogens is 1. The lowest BCUT2D eigenvalue weighted by Crippen LogP contribution is -2.39. The maximum absolute atomic E-state index is 13.6. The molecule has 1 aromatic carbocycles. The molecule has 0 spiro atoms. The molecule has 2 saturated heterocycles. The number of hydrogen-bond acceptors (Lipinski definition) is 5. The number of amides is 1. The minimum atomic E-state index is -0.394. The predicted octanol–water partition coefficient (Wildman–Crippen LogP) is 3.64. The summed E-state index contributed by atoms with van der Waals surface area (Å²) in [6.07, 6.45) is 7.98. The Kier molecular flexibility index (Phi) is 5.59. The third-order valence-corrected chi connectivity index (χ3v) is 6.33. The Balaban J connectivity index is 1.41. The Bertz CT molecular complexity index is 1120. The summed E-state index contributed by atoms with van der Waals surface area (Å²) in [5.41, 5.74) is 3.19. The molecule has 5 rings (SSSR count). The lowest BCUT2D eigenvalue weighted by atomic mass is 9.91. The highest BCUT2D eigenvalue weighted by atomic mass is 19.1. The molecule has 1 atom stereocenters. The van der Waals surface area contributed by atoms with Gasteiger partial charge in [-0.1, -0.05) is 6.07 Å². The number of hydrogen-bond donors (Lipinski definition) is 0. The fourth-order valence-corrected chi connectivity index (χ4v) is 4.76. The third kappa shape index (κ3) is 4.09. The molecule has 166 valence electrons. The minimum absolute atomic E-state index is 0.0997. The van der Waals surface area contributed by atoms with Crippen molar-refractivity contribution in [1.82, 2.24) is 24.6 Å². The maximum atomic E-state index is 13.6. The highest BCUT2D eigenvalue weighted by Gasteiger charge is 2.30. The summed E-state index contributed by atoms with van der Waals surface area (Å²) in [4.78, 5) is 26.3. The van der Waals surface area contributed by atoms with E-state index >= 15 is 0 Å². The first-order valence-corrected chi connectivity index (χ1v) is 11.3. The zero-order chi connectivity index (χ0) is 22.1. The molecule has 8 heteroatoms. The smallest absolute Gasteiger partial charge is 0.253 e. The number of anilines is 1. The van der Waals surface area contributed by atoms with Crippen LogP contribution in [0.2, 0.25) is 0 Å². The zero-order valence-electron chi connectivity index (χ0n) is 18.2. The number of carbonyl (C=O) groups excluding carboxylic acids is 1. The molecule has 32 heavy (non-hydrogen) atoms. The number of benzene rings is 1. The van der Waals surface area contributed by atoms with Crippen LogP contribution < -0.4 is 4.90 Å². The molecule has 1 amide bonds. The van der Waals surface area contributed by atoms with Crippen LogP contribution in [0.25, 0.3) is 11.3 Å². The van der Waals surface area contributed by atoms with Crippen LogP contribution in [0.5, 0.6) is 0 Å². The van der Waals surface area contributed by atoms with Crippen molar-refractivity contribution in [3.05, 3.63) is 59.8 Å². The summed E-state index contributed by atoms with van der Waals surface area (Å²) in [6, 6.07) is 7.83. The quantitative estimate of drug-likeness (QED) is 0.627. The molecule has 4 heterocycles. The summed E-state index contributed by atoms with van der Waals surface area (Å²) in [7, 11) is 1.91. The van der Waals surface area contributed by atoms with Gasteiger partial charge < -0.3 is 9.80 Å². The number of aromatic nitrogens is 4. The Labute approximate surface area is 186 Å². The van der Waals surface area contributed by atoms with Gasteiger partial charge in [0, 0.05) is 62.7 Å². The van der Waals surface area contributed by atoms with E-state index in [1.54, 1.807) is 12.1 Å². The van der Waals surface area contributed by atoms with Crippen LogP contribution in [0.3, 0.4) is 0 Å². The predicted molar refractivity (Wildman–Crippen MR) is 120 cm³/mol. The van der Waals surface area contributed by atoms with E-state index in [-0.39, 0.29) is 11.8 Å². The SMILES string of the molecule is Cn1cc(-c2ccnc(N3CCCC3)n2)c(C2CCCN(C(=O)c3cccc(F)c3)C2)n1. The molecule has 2 fully saturated rings. The topological polar surface area (TPSA) is 67.2 Å². The number of aryl methyl sites for hydroxylation is 1. The van der Waals surface area contributed by atoms with Gasteiger partial charge in [0.1, 0.15) is 5.82 Å². The van der Waals surface area contributed by atoms with E-state index < -0.39 is 5.82 Å². The molecule has 0 radical (unpaired) electrons. The maximum Gasteiger partial charge on any atom is 0.253 e. The molecule has 2 aromatic heterocycles. The van der Waals surface area contributed by atoms with Crippen molar-refractivity contribution in [3.8, 4) is 11.3 Å². The van der Waals surface area contributed by atoms with Crippen LogP contribution in [0.1, 0.15) is 47.7 Å². The molecular weight excluding hydrogens is 407 g/mol. The van der Waals surface area contributed by atoms with Crippen LogP contribution in [-0.2, 0) is 7.05 Å². The third-order valence-electron chi connectivity index (χ3n) is 6.33. The van der Waals surface area contributed by atoms with Gasteiger partial charge in [0.25, 0.3) is 5.91 Å². The van der Waals surface area contributed by atoms with Crippen molar-refractivity contribution in [2.45, 2.75) is 31.6 Å². The summed E-state index contributed by atoms with van der Waals surface area (Å²) < 4.78 is 15.4. The number of nitrogens with zero attached hydrogens (tertiary/aromatic N) is 6. The van der Waals surface area contributed by atoms with E-state index in [1.807, 2.05) is 35.1 Å². The van der Waals surface area contributed by atoms with Crippen LogP contribution in [0.4, 0.5) is 10.3 Å². The van der Waals surface area contributed by atoms with E-state index in [1.165, 1.54) is 25.0 Å². The normalized spacial score (nSPS) is 18.9. The molecule has 0 saturated carbocycles. The van der Waals surface area contributed by atoms with Crippen LogP contribution in [0.15, 0.2) is 42.7 Å². The van der Waals surface area contributed by atoms with Gasteiger partial charge in [-0.15, -0.1) is 0 Å². The van der Waals surface area contributed by atoms with Crippen molar-refractivity contribution in [1.29, 1.82) is 0 Å². The van der Waals surface area contributed by atoms with E-state index in [0.717, 1.165) is 48.8 Å². The van der Waals surface area contributed by atoms with Crippen molar-refractivity contribution in [3.63, 3.8) is 0 Å². The lowest BCUT2D eigenvalue weighted by Gasteiger charge is -2.32. The number of rotatable bonds is 4. The Morgan fingerprint density at radius 2 is 1.97 bits per heavy atom. The van der Waals surface area contributed by atoms with Gasteiger partial charge >= 0.3 is 0 Å². The summed E-state index contributed by atoms with van der Waals surface area (Å²) in [5.74, 6) is 0.336. The molecule has 0 aliphatic carbocycles. The molecular formula is C24H27FN6O. The Morgan fingerprint density at radius 1 is 1.12 bits per heavy atom. The molecule has 3 aromatic rings. The minimum Gasteiger partial charge on any atom is -0.341 e. The molecule has 2 aliphatic heterocycles. The second-order valence-electron chi connectivity index (χ2n) is 8.64. The number of piperidine rings is 1. The van der Waals surface area contributed by atoms with E-state index in [2.05, 4.69) is 9.88 Å². The highest BCUT2D eigenvalue weighted by Crippen LogP contribution is 2.34. The molecule has 0 N–H and O–H groups in total. The van der Waals surface area contributed by atoms with Gasteiger partial charge in [-0.2, -0.15) is 5.10 Å². The van der Waals surface area contributed by atoms with Crippen molar-refractivity contribution in [2.24, 2.45) is 7.05 Å². The zero-order valence-corrected chi connectivity index (χ0v) is 18.2. The number of carbonyl (C=O) groups is 1. The fourth-order valence-electron chi connectivity index (χ4n) is 4.76. The standard InChI is InChI=1S/C24H27FN6O/c1-29-16-20(21-9-10-26-24(27-21)30-11-2-3-12-30)22(28-29)18-7-5-13-31(15-18)23(32)17-6-4-8-19(25)14-17/h4,6,8-10,14,16,18H,2-3,5,7,11-13,15H2,1H3. The second kappa shape index (κ2) is 8.68. The first kappa shape index (κ1) is 20.6. The van der Waals surface area contributed by atoms with Gasteiger partial charge in [0.2, 0.25) is 5.95 Å². The summed E-state index contributed by atoms with van der Waals surface area (Å²) in [6.45, 7) is 3.20. The van der Waals surface area contributed by atoms with Gasteiger partial charge in [-0.3, -0.25) is 9.48 Å². The largest absolute Gasteiger partial charge is 0.341 e. The van der Waals surface area contributed by atoms with Crippen LogP contribution >= 0.6 is 0 Å². The number of likely N-dealkylation sites (tertiary alicyclic amines) is 1. The van der Waals surface area contributed by atoms with E-state index in [0.29, 0.717) is 18.7 Å². The first-order valence-electron chi connectivity index (χ1n) is 11.3. The Morgan fingerprint density at radius 3 is 2.78 bits per heavy atom. The lowest BCUT2D eigenvalue weighted by molar-refractivity contribution is 0.0705. The second-order valence-corrected chi connectivity index (χ2v) is 8.64. The summed E-state index contributed by atoms with van der Waals surface area (Å²) in [5, 5.41) is 4.76. The molecule has 2 aliphatic rings. The van der Waals surface area contributed by atoms with Crippen LogP contribution in [-0.4, -0.2) is 56.7 Å². The first-order chi connectivity index (χ1) is 15.6. The van der Waals surface area contributed by atoms with Gasteiger partial charge in [-0.05, 0) is 49.9 Å². The highest BCUT2D eigenvalue weighted by molar-refractivity contribution is 5.94. The van der Waals surface area contributed by atoms with Gasteiger partial charge in [0.05, 0.1) is 11.4 Å². The van der Waals surface area contributed by atoms with Gasteiger partial charge in [0.15, 0.2) is 0 Å². The molecule has 1 unspecified atom stereocenters.